The maximum Gasteiger partial charge on any atom is 0.293 e. The van der Waals surface area contributed by atoms with Crippen LogP contribution in [0.4, 0.5) is 5.82 Å². The van der Waals surface area contributed by atoms with E-state index in [-0.39, 0.29) is 5.56 Å². The molecule has 1 saturated heterocycles. The Bertz CT molecular complexity index is 366. The van der Waals surface area contributed by atoms with Crippen molar-refractivity contribution < 1.29 is 0 Å². The average molecular weight is 193 g/mol. The van der Waals surface area contributed by atoms with Gasteiger partial charge in [0, 0.05) is 32.0 Å². The third kappa shape index (κ3) is 1.52. The predicted molar refractivity (Wildman–Crippen MR) is 55.6 cm³/mol. The summed E-state index contributed by atoms with van der Waals surface area (Å²) in [5, 5.41) is 0. The molecule has 76 valence electrons. The van der Waals surface area contributed by atoms with Crippen molar-refractivity contribution in [3.8, 4) is 0 Å². The van der Waals surface area contributed by atoms with Crippen LogP contribution in [-0.4, -0.2) is 22.6 Å². The molecule has 0 radical (unpaired) electrons. The van der Waals surface area contributed by atoms with Gasteiger partial charge in [0.2, 0.25) is 0 Å². The summed E-state index contributed by atoms with van der Waals surface area (Å²) in [5.41, 5.74) is 0.0388. The lowest BCUT2D eigenvalue weighted by Crippen LogP contribution is -2.30. The summed E-state index contributed by atoms with van der Waals surface area (Å²) in [5.74, 6) is 0.617. The molecule has 0 amide bonds. The smallest absolute Gasteiger partial charge is 0.293 e. The number of nitrogens with zero attached hydrogens (tertiary/aromatic N) is 3. The molecular weight excluding hydrogens is 178 g/mol. The molecule has 4 nitrogen and oxygen atoms in total. The largest absolute Gasteiger partial charge is 0.352 e. The van der Waals surface area contributed by atoms with Crippen molar-refractivity contribution in [2.45, 2.75) is 26.3 Å². The molecule has 0 atom stereocenters. The maximum atomic E-state index is 11.8. The zero-order chi connectivity index (χ0) is 9.97. The van der Waals surface area contributed by atoms with Gasteiger partial charge in [-0.1, -0.05) is 0 Å². The van der Waals surface area contributed by atoms with E-state index < -0.39 is 0 Å². The first kappa shape index (κ1) is 9.24. The number of aromatic nitrogens is 2. The van der Waals surface area contributed by atoms with Crippen LogP contribution >= 0.6 is 0 Å². The van der Waals surface area contributed by atoms with Crippen LogP contribution in [0.1, 0.15) is 19.8 Å². The van der Waals surface area contributed by atoms with E-state index in [0.717, 1.165) is 13.1 Å². The summed E-state index contributed by atoms with van der Waals surface area (Å²) < 4.78 is 1.70. The van der Waals surface area contributed by atoms with Crippen molar-refractivity contribution >= 4 is 5.82 Å². The van der Waals surface area contributed by atoms with Crippen LogP contribution in [0.5, 0.6) is 0 Å². The van der Waals surface area contributed by atoms with Gasteiger partial charge in [-0.2, -0.15) is 0 Å². The fourth-order valence-electron chi connectivity index (χ4n) is 1.83. The van der Waals surface area contributed by atoms with Crippen LogP contribution in [0.15, 0.2) is 17.2 Å². The quantitative estimate of drug-likeness (QED) is 0.699. The Morgan fingerprint density at radius 2 is 2.14 bits per heavy atom. The van der Waals surface area contributed by atoms with Crippen molar-refractivity contribution in [1.29, 1.82) is 0 Å². The highest BCUT2D eigenvalue weighted by molar-refractivity contribution is 5.36. The van der Waals surface area contributed by atoms with E-state index in [9.17, 15) is 4.79 Å². The lowest BCUT2D eigenvalue weighted by Gasteiger charge is -2.15. The average Bonchev–Trinajstić information content (AvgIpc) is 2.71. The van der Waals surface area contributed by atoms with E-state index in [1.165, 1.54) is 12.8 Å². The number of aryl methyl sites for hydroxylation is 1. The van der Waals surface area contributed by atoms with E-state index in [2.05, 4.69) is 9.88 Å². The molecule has 0 unspecified atom stereocenters. The van der Waals surface area contributed by atoms with Gasteiger partial charge in [-0.05, 0) is 19.8 Å². The highest BCUT2D eigenvalue weighted by Gasteiger charge is 2.16. The highest BCUT2D eigenvalue weighted by Crippen LogP contribution is 2.12. The van der Waals surface area contributed by atoms with E-state index in [1.807, 2.05) is 6.92 Å². The first-order chi connectivity index (χ1) is 6.83. The van der Waals surface area contributed by atoms with Crippen LogP contribution in [0.2, 0.25) is 0 Å². The van der Waals surface area contributed by atoms with E-state index >= 15 is 0 Å². The highest BCUT2D eigenvalue weighted by atomic mass is 16.1. The third-order valence-electron chi connectivity index (χ3n) is 2.64. The second-order valence-electron chi connectivity index (χ2n) is 3.54. The van der Waals surface area contributed by atoms with Crippen LogP contribution < -0.4 is 10.5 Å². The molecule has 2 heterocycles. The Morgan fingerprint density at radius 3 is 2.79 bits per heavy atom. The topological polar surface area (TPSA) is 38.1 Å². The molecule has 0 spiro atoms. The molecule has 1 aliphatic rings. The van der Waals surface area contributed by atoms with Gasteiger partial charge in [-0.15, -0.1) is 0 Å². The predicted octanol–water partition coefficient (Wildman–Crippen LogP) is 0.863. The molecule has 1 aromatic heterocycles. The molecule has 0 bridgehead atoms. The number of rotatable bonds is 2. The molecule has 0 N–H and O–H groups in total. The molecule has 1 fully saturated rings. The summed E-state index contributed by atoms with van der Waals surface area (Å²) in [6.07, 6.45) is 5.78. The molecule has 2 rings (SSSR count). The summed E-state index contributed by atoms with van der Waals surface area (Å²) >= 11 is 0. The van der Waals surface area contributed by atoms with Gasteiger partial charge in [-0.3, -0.25) is 4.79 Å². The van der Waals surface area contributed by atoms with Crippen LogP contribution in [-0.2, 0) is 6.54 Å². The zero-order valence-electron chi connectivity index (χ0n) is 8.44. The van der Waals surface area contributed by atoms with Crippen molar-refractivity contribution in [1.82, 2.24) is 9.55 Å². The number of anilines is 1. The second kappa shape index (κ2) is 3.82. The van der Waals surface area contributed by atoms with Crippen LogP contribution in [0, 0.1) is 0 Å². The number of hydrogen-bond acceptors (Lipinski definition) is 3. The molecular formula is C10H15N3O. The Hall–Kier alpha value is -1.32. The van der Waals surface area contributed by atoms with Gasteiger partial charge < -0.3 is 9.47 Å². The molecule has 14 heavy (non-hydrogen) atoms. The molecule has 0 aromatic carbocycles. The molecule has 1 aliphatic heterocycles. The molecule has 1 aromatic rings. The molecule has 4 heteroatoms. The van der Waals surface area contributed by atoms with Gasteiger partial charge in [0.05, 0.1) is 0 Å². The monoisotopic (exact) mass is 193 g/mol. The summed E-state index contributed by atoms with van der Waals surface area (Å²) in [6.45, 7) is 4.61. The van der Waals surface area contributed by atoms with Gasteiger partial charge in [0.25, 0.3) is 5.56 Å². The van der Waals surface area contributed by atoms with Gasteiger partial charge in [-0.25, -0.2) is 4.98 Å². The van der Waals surface area contributed by atoms with Crippen LogP contribution in [0.3, 0.4) is 0 Å². The lowest BCUT2D eigenvalue weighted by atomic mass is 10.4. The van der Waals surface area contributed by atoms with Gasteiger partial charge in [0.1, 0.15) is 0 Å². The van der Waals surface area contributed by atoms with Crippen molar-refractivity contribution in [3.05, 3.63) is 22.7 Å². The Kier molecular flexibility index (Phi) is 2.52. The minimum Gasteiger partial charge on any atom is -0.352 e. The molecule has 0 aliphatic carbocycles. The zero-order valence-corrected chi connectivity index (χ0v) is 8.44. The minimum absolute atomic E-state index is 0.0388. The standard InChI is InChI=1S/C10H15N3O/c1-2-12-8-5-11-9(10(12)14)13-6-3-4-7-13/h5,8H,2-4,6-7H2,1H3. The second-order valence-corrected chi connectivity index (χ2v) is 3.54. The van der Waals surface area contributed by atoms with E-state index in [1.54, 1.807) is 17.0 Å². The Labute approximate surface area is 83.2 Å². The van der Waals surface area contributed by atoms with Gasteiger partial charge >= 0.3 is 0 Å². The molecule has 0 saturated carbocycles. The van der Waals surface area contributed by atoms with Crippen molar-refractivity contribution in [2.24, 2.45) is 0 Å². The first-order valence-corrected chi connectivity index (χ1v) is 5.13. The first-order valence-electron chi connectivity index (χ1n) is 5.13. The third-order valence-corrected chi connectivity index (χ3v) is 2.64. The normalized spacial score (nSPS) is 16.2. The fourth-order valence-corrected chi connectivity index (χ4v) is 1.83. The Balaban J connectivity index is 2.37. The Morgan fingerprint density at radius 1 is 1.43 bits per heavy atom. The lowest BCUT2D eigenvalue weighted by molar-refractivity contribution is 0.710. The number of hydrogen-bond donors (Lipinski definition) is 0. The summed E-state index contributed by atoms with van der Waals surface area (Å²) in [4.78, 5) is 18.1. The summed E-state index contributed by atoms with van der Waals surface area (Å²) in [7, 11) is 0. The maximum absolute atomic E-state index is 11.8. The van der Waals surface area contributed by atoms with Crippen molar-refractivity contribution in [3.63, 3.8) is 0 Å². The fraction of sp³-hybridized carbons (Fsp3) is 0.600. The SMILES string of the molecule is CCn1ccnc(N2CCCC2)c1=O. The van der Waals surface area contributed by atoms with Crippen LogP contribution in [0.25, 0.3) is 0 Å². The van der Waals surface area contributed by atoms with E-state index in [0.29, 0.717) is 12.4 Å². The summed E-state index contributed by atoms with van der Waals surface area (Å²) in [6, 6.07) is 0. The van der Waals surface area contributed by atoms with E-state index in [4.69, 9.17) is 0 Å². The van der Waals surface area contributed by atoms with Gasteiger partial charge in [0.15, 0.2) is 5.82 Å². The minimum atomic E-state index is 0.0388. The van der Waals surface area contributed by atoms with Crippen molar-refractivity contribution in [2.75, 3.05) is 18.0 Å².